The average Bonchev–Trinajstić information content (AvgIpc) is 2.52. The van der Waals surface area contributed by atoms with Gasteiger partial charge in [0.1, 0.15) is 11.6 Å². The van der Waals surface area contributed by atoms with Crippen LogP contribution in [0.4, 0.5) is 5.82 Å². The maximum Gasteiger partial charge on any atom is 0.146 e. The molecule has 1 aromatic heterocycles. The van der Waals surface area contributed by atoms with E-state index in [0.29, 0.717) is 0 Å². The Balaban J connectivity index is 1.99. The third-order valence-corrected chi connectivity index (χ3v) is 2.75. The normalized spacial score (nSPS) is 11.2. The Morgan fingerprint density at radius 1 is 1.20 bits per heavy atom. The summed E-state index contributed by atoms with van der Waals surface area (Å²) in [5.41, 5.74) is 4.89. The number of nitrogens with zero attached hydrogens (tertiary/aromatic N) is 2. The van der Waals surface area contributed by atoms with E-state index < -0.39 is 0 Å². The molecule has 0 aliphatic rings. The molecule has 0 fully saturated rings. The lowest BCUT2D eigenvalue weighted by molar-refractivity contribution is 0.317. The molecule has 0 amide bonds. The molecule has 0 aliphatic heterocycles. The summed E-state index contributed by atoms with van der Waals surface area (Å²) in [5.74, 6) is 1.62. The molecule has 0 saturated carbocycles. The molecule has 0 bridgehead atoms. The van der Waals surface area contributed by atoms with Crippen molar-refractivity contribution in [2.75, 3.05) is 12.0 Å². The molecule has 0 atom stereocenters. The van der Waals surface area contributed by atoms with E-state index in [4.69, 9.17) is 4.74 Å². The first-order valence-corrected chi connectivity index (χ1v) is 6.74. The van der Waals surface area contributed by atoms with Crippen molar-refractivity contribution in [3.05, 3.63) is 54.2 Å². The molecule has 0 unspecified atom stereocenters. The Bertz CT molecular complexity index is 550. The number of rotatable bonds is 6. The smallest absolute Gasteiger partial charge is 0.146 e. The van der Waals surface area contributed by atoms with E-state index in [2.05, 4.69) is 22.4 Å². The van der Waals surface area contributed by atoms with E-state index in [0.717, 1.165) is 35.9 Å². The fourth-order valence-corrected chi connectivity index (χ4v) is 1.65. The molecule has 20 heavy (non-hydrogen) atoms. The van der Waals surface area contributed by atoms with Crippen LogP contribution in [0, 0.1) is 0 Å². The predicted octanol–water partition coefficient (Wildman–Crippen LogP) is 3.71. The number of hydrogen-bond acceptors (Lipinski definition) is 4. The quantitative estimate of drug-likeness (QED) is 0.642. The first-order chi connectivity index (χ1) is 9.79. The van der Waals surface area contributed by atoms with E-state index in [9.17, 15) is 0 Å². The number of pyridine rings is 1. The monoisotopic (exact) mass is 269 g/mol. The minimum Gasteiger partial charge on any atom is -0.494 e. The largest absolute Gasteiger partial charge is 0.494 e. The molecular formula is C16H19N3O. The van der Waals surface area contributed by atoms with Crippen LogP contribution < -0.4 is 10.2 Å². The Kier molecular flexibility index (Phi) is 5.12. The predicted molar refractivity (Wildman–Crippen MR) is 82.3 cm³/mol. The molecule has 0 spiro atoms. The summed E-state index contributed by atoms with van der Waals surface area (Å²) in [6, 6.07) is 13.6. The van der Waals surface area contributed by atoms with Gasteiger partial charge in [-0.3, -0.25) is 5.43 Å². The van der Waals surface area contributed by atoms with Gasteiger partial charge in [0, 0.05) is 6.20 Å². The van der Waals surface area contributed by atoms with Crippen LogP contribution in [-0.2, 0) is 0 Å². The topological polar surface area (TPSA) is 46.5 Å². The highest BCUT2D eigenvalue weighted by molar-refractivity contribution is 5.99. The van der Waals surface area contributed by atoms with Crippen LogP contribution in [-0.4, -0.2) is 17.3 Å². The van der Waals surface area contributed by atoms with Crippen molar-refractivity contribution in [1.29, 1.82) is 0 Å². The minimum atomic E-state index is 0.731. The molecule has 0 saturated heterocycles. The second-order valence-corrected chi connectivity index (χ2v) is 4.40. The first-order valence-electron chi connectivity index (χ1n) is 6.74. The third-order valence-electron chi connectivity index (χ3n) is 2.75. The maximum atomic E-state index is 5.55. The third kappa shape index (κ3) is 4.09. The van der Waals surface area contributed by atoms with Gasteiger partial charge in [0.15, 0.2) is 0 Å². The summed E-state index contributed by atoms with van der Waals surface area (Å²) < 4.78 is 5.55. The number of hydrazone groups is 1. The van der Waals surface area contributed by atoms with Crippen molar-refractivity contribution in [2.45, 2.75) is 20.3 Å². The second kappa shape index (κ2) is 7.28. The van der Waals surface area contributed by atoms with E-state index in [-0.39, 0.29) is 0 Å². The highest BCUT2D eigenvalue weighted by Gasteiger charge is 1.99. The van der Waals surface area contributed by atoms with Gasteiger partial charge in [0.25, 0.3) is 0 Å². The second-order valence-electron chi connectivity index (χ2n) is 4.40. The van der Waals surface area contributed by atoms with Crippen LogP contribution >= 0.6 is 0 Å². The summed E-state index contributed by atoms with van der Waals surface area (Å²) in [7, 11) is 0. The maximum absolute atomic E-state index is 5.55. The van der Waals surface area contributed by atoms with Crippen molar-refractivity contribution >= 4 is 11.5 Å². The molecule has 1 N–H and O–H groups in total. The number of ether oxygens (including phenoxy) is 1. The van der Waals surface area contributed by atoms with Gasteiger partial charge in [-0.1, -0.05) is 13.0 Å². The first kappa shape index (κ1) is 14.1. The van der Waals surface area contributed by atoms with Crippen LogP contribution in [0.5, 0.6) is 5.75 Å². The summed E-state index contributed by atoms with van der Waals surface area (Å²) >= 11 is 0. The van der Waals surface area contributed by atoms with Crippen LogP contribution in [0.3, 0.4) is 0 Å². The zero-order valence-corrected chi connectivity index (χ0v) is 11.8. The van der Waals surface area contributed by atoms with Gasteiger partial charge in [-0.05, 0) is 55.3 Å². The molecule has 4 nitrogen and oxygen atoms in total. The summed E-state index contributed by atoms with van der Waals surface area (Å²) in [5, 5.41) is 4.32. The standard InChI is InChI=1S/C16H19N3O/c1-3-12-20-15-9-7-14(8-10-15)13(2)18-19-16-6-4-5-11-17-16/h4-11H,3,12H2,1-2H3,(H,17,19)/b18-13+. The minimum absolute atomic E-state index is 0.731. The SMILES string of the molecule is CCCOc1ccc(/C(C)=N/Nc2ccccn2)cc1. The average molecular weight is 269 g/mol. The zero-order valence-electron chi connectivity index (χ0n) is 11.8. The molecule has 4 heteroatoms. The van der Waals surface area contributed by atoms with Crippen LogP contribution in [0.2, 0.25) is 0 Å². The Morgan fingerprint density at radius 3 is 2.65 bits per heavy atom. The number of benzene rings is 1. The Labute approximate surface area is 119 Å². The lowest BCUT2D eigenvalue weighted by Crippen LogP contribution is -2.01. The fourth-order valence-electron chi connectivity index (χ4n) is 1.65. The van der Waals surface area contributed by atoms with Crippen LogP contribution in [0.1, 0.15) is 25.8 Å². The summed E-state index contributed by atoms with van der Waals surface area (Å²) in [6.45, 7) is 4.79. The highest BCUT2D eigenvalue weighted by Crippen LogP contribution is 2.13. The van der Waals surface area contributed by atoms with E-state index in [1.54, 1.807) is 6.20 Å². The Hall–Kier alpha value is -2.36. The van der Waals surface area contributed by atoms with Gasteiger partial charge in [-0.15, -0.1) is 0 Å². The van der Waals surface area contributed by atoms with Gasteiger partial charge in [-0.2, -0.15) is 5.10 Å². The molecule has 0 radical (unpaired) electrons. The molecule has 0 aliphatic carbocycles. The zero-order chi connectivity index (χ0) is 14.2. The van der Waals surface area contributed by atoms with E-state index in [1.165, 1.54) is 0 Å². The van der Waals surface area contributed by atoms with Crippen LogP contribution in [0.15, 0.2) is 53.8 Å². The molecule has 104 valence electrons. The number of nitrogens with one attached hydrogen (secondary N) is 1. The van der Waals surface area contributed by atoms with Crippen LogP contribution in [0.25, 0.3) is 0 Å². The van der Waals surface area contributed by atoms with Crippen molar-refractivity contribution in [3.8, 4) is 5.75 Å². The summed E-state index contributed by atoms with van der Waals surface area (Å²) in [6.07, 6.45) is 2.74. The lowest BCUT2D eigenvalue weighted by atomic mass is 10.1. The summed E-state index contributed by atoms with van der Waals surface area (Å²) in [4.78, 5) is 4.15. The highest BCUT2D eigenvalue weighted by atomic mass is 16.5. The van der Waals surface area contributed by atoms with E-state index >= 15 is 0 Å². The fraction of sp³-hybridized carbons (Fsp3) is 0.250. The van der Waals surface area contributed by atoms with Crippen molar-refractivity contribution in [2.24, 2.45) is 5.10 Å². The van der Waals surface area contributed by atoms with Gasteiger partial charge in [0.2, 0.25) is 0 Å². The van der Waals surface area contributed by atoms with Crippen molar-refractivity contribution < 1.29 is 4.74 Å². The molecule has 2 aromatic rings. The molecule has 2 rings (SSSR count). The van der Waals surface area contributed by atoms with Gasteiger partial charge < -0.3 is 4.74 Å². The Morgan fingerprint density at radius 2 is 2.00 bits per heavy atom. The number of hydrogen-bond donors (Lipinski definition) is 1. The number of aromatic nitrogens is 1. The van der Waals surface area contributed by atoms with Gasteiger partial charge in [-0.25, -0.2) is 4.98 Å². The lowest BCUT2D eigenvalue weighted by Gasteiger charge is -2.06. The van der Waals surface area contributed by atoms with Crippen molar-refractivity contribution in [1.82, 2.24) is 4.98 Å². The number of anilines is 1. The van der Waals surface area contributed by atoms with Crippen molar-refractivity contribution in [3.63, 3.8) is 0 Å². The van der Waals surface area contributed by atoms with E-state index in [1.807, 2.05) is 49.4 Å². The molecule has 1 heterocycles. The molecular weight excluding hydrogens is 250 g/mol. The molecule has 1 aromatic carbocycles. The van der Waals surface area contributed by atoms with Gasteiger partial charge >= 0.3 is 0 Å². The van der Waals surface area contributed by atoms with Gasteiger partial charge in [0.05, 0.1) is 12.3 Å².